The van der Waals surface area contributed by atoms with E-state index in [0.717, 1.165) is 47.6 Å². The summed E-state index contributed by atoms with van der Waals surface area (Å²) < 4.78 is 0. The number of hydrogen-bond donors (Lipinski definition) is 2. The van der Waals surface area contributed by atoms with Gasteiger partial charge in [-0.25, -0.2) is 4.79 Å². The highest BCUT2D eigenvalue weighted by atomic mass is 16.4. The number of amides is 1. The minimum absolute atomic E-state index is 0.00661. The Morgan fingerprint density at radius 3 is 2.34 bits per heavy atom. The first-order valence-electron chi connectivity index (χ1n) is 10.1. The van der Waals surface area contributed by atoms with Crippen molar-refractivity contribution < 1.29 is 9.90 Å². The first-order valence-corrected chi connectivity index (χ1v) is 10.1. The molecule has 156 valence electrons. The third-order valence-electron chi connectivity index (χ3n) is 5.80. The van der Waals surface area contributed by atoms with Gasteiger partial charge in [0.25, 0.3) is 0 Å². The Bertz CT molecular complexity index is 883. The monoisotopic (exact) mass is 396 g/mol. The Morgan fingerprint density at radius 1 is 1.21 bits per heavy atom. The zero-order chi connectivity index (χ0) is 21.4. The Morgan fingerprint density at radius 2 is 1.83 bits per heavy atom. The van der Waals surface area contributed by atoms with Gasteiger partial charge in [-0.3, -0.25) is 4.98 Å². The van der Waals surface area contributed by atoms with Crippen LogP contribution in [0.25, 0.3) is 11.1 Å². The van der Waals surface area contributed by atoms with Gasteiger partial charge in [0.1, 0.15) is 0 Å². The molecular formula is C23H32N4O2. The maximum Gasteiger partial charge on any atom is 0.407 e. The van der Waals surface area contributed by atoms with Gasteiger partial charge < -0.3 is 20.6 Å². The van der Waals surface area contributed by atoms with Gasteiger partial charge in [0, 0.05) is 48.0 Å². The highest BCUT2D eigenvalue weighted by Crippen LogP contribution is 2.48. The molecule has 1 aliphatic rings. The molecule has 29 heavy (non-hydrogen) atoms. The molecule has 0 atom stereocenters. The zero-order valence-electron chi connectivity index (χ0n) is 18.1. The molecule has 0 bridgehead atoms. The molecule has 1 aliphatic carbocycles. The molecule has 6 heteroatoms. The van der Waals surface area contributed by atoms with E-state index in [1.54, 1.807) is 4.90 Å². The summed E-state index contributed by atoms with van der Waals surface area (Å²) >= 11 is 0. The first kappa shape index (κ1) is 21.0. The molecule has 1 fully saturated rings. The van der Waals surface area contributed by atoms with E-state index in [1.165, 1.54) is 0 Å². The fourth-order valence-electron chi connectivity index (χ4n) is 3.75. The van der Waals surface area contributed by atoms with Crippen LogP contribution < -0.4 is 10.6 Å². The lowest BCUT2D eigenvalue weighted by Gasteiger charge is -2.37. The quantitative estimate of drug-likeness (QED) is 0.696. The van der Waals surface area contributed by atoms with Crippen molar-refractivity contribution in [3.05, 3.63) is 42.2 Å². The van der Waals surface area contributed by atoms with Crippen molar-refractivity contribution in [3.63, 3.8) is 0 Å². The number of aryl methyl sites for hydroxylation is 1. The van der Waals surface area contributed by atoms with Gasteiger partial charge in [-0.2, -0.15) is 0 Å². The Labute approximate surface area is 173 Å². The highest BCUT2D eigenvalue weighted by Gasteiger charge is 2.47. The summed E-state index contributed by atoms with van der Waals surface area (Å²) in [4.78, 5) is 20.1. The second kappa shape index (κ2) is 7.58. The summed E-state index contributed by atoms with van der Waals surface area (Å²) in [5, 5.41) is 9.66. The first-order chi connectivity index (χ1) is 13.5. The number of benzene rings is 1. The summed E-state index contributed by atoms with van der Waals surface area (Å²) in [7, 11) is 2.06. The Kier molecular flexibility index (Phi) is 5.48. The zero-order valence-corrected chi connectivity index (χ0v) is 18.1. The topological polar surface area (TPSA) is 82.7 Å². The molecule has 1 amide bonds. The second-order valence-electron chi connectivity index (χ2n) is 9.34. The standard InChI is InChI=1S/C23H32N4O2/c1-16-20(17-6-8-18(24)9-7-17)12-19(13-25-16)26(5)14-23(10-11-23)15-27(21(28)29)22(2,3)4/h6-9,12-13H,10-11,14-15,24H2,1-5H3,(H,28,29). The van der Waals surface area contributed by atoms with Gasteiger partial charge in [0.05, 0.1) is 11.9 Å². The normalized spacial score (nSPS) is 15.1. The highest BCUT2D eigenvalue weighted by molar-refractivity contribution is 5.71. The summed E-state index contributed by atoms with van der Waals surface area (Å²) in [6.45, 7) is 9.21. The van der Waals surface area contributed by atoms with Crippen LogP contribution in [0, 0.1) is 12.3 Å². The molecule has 3 N–H and O–H groups in total. The second-order valence-corrected chi connectivity index (χ2v) is 9.34. The molecule has 6 nitrogen and oxygen atoms in total. The van der Waals surface area contributed by atoms with Crippen molar-refractivity contribution in [1.82, 2.24) is 9.88 Å². The lowest BCUT2D eigenvalue weighted by Crippen LogP contribution is -2.49. The SMILES string of the molecule is Cc1ncc(N(C)CC2(CN(C(=O)O)C(C)(C)C)CC2)cc1-c1ccc(N)cc1. The predicted octanol–water partition coefficient (Wildman–Crippen LogP) is 4.63. The maximum atomic E-state index is 11.8. The molecule has 2 aromatic rings. The van der Waals surface area contributed by atoms with Gasteiger partial charge in [0.15, 0.2) is 0 Å². The van der Waals surface area contributed by atoms with E-state index in [9.17, 15) is 9.90 Å². The van der Waals surface area contributed by atoms with E-state index in [4.69, 9.17) is 5.73 Å². The number of aromatic nitrogens is 1. The van der Waals surface area contributed by atoms with Crippen LogP contribution in [-0.2, 0) is 0 Å². The van der Waals surface area contributed by atoms with E-state index < -0.39 is 11.6 Å². The van der Waals surface area contributed by atoms with Crippen molar-refractivity contribution in [2.24, 2.45) is 5.41 Å². The van der Waals surface area contributed by atoms with Crippen molar-refractivity contribution in [1.29, 1.82) is 0 Å². The molecule has 1 aromatic heterocycles. The summed E-state index contributed by atoms with van der Waals surface area (Å²) in [6.07, 6.45) is 3.13. The number of carboxylic acid groups (broad SMARTS) is 1. The fourth-order valence-corrected chi connectivity index (χ4v) is 3.75. The molecular weight excluding hydrogens is 364 g/mol. The molecule has 0 aliphatic heterocycles. The number of nitrogen functional groups attached to an aromatic ring is 1. The van der Waals surface area contributed by atoms with E-state index in [-0.39, 0.29) is 5.41 Å². The third kappa shape index (κ3) is 4.81. The van der Waals surface area contributed by atoms with Crippen LogP contribution in [0.5, 0.6) is 0 Å². The van der Waals surface area contributed by atoms with E-state index in [0.29, 0.717) is 6.54 Å². The molecule has 3 rings (SSSR count). The van der Waals surface area contributed by atoms with E-state index >= 15 is 0 Å². The molecule has 0 saturated heterocycles. The molecule has 0 radical (unpaired) electrons. The molecule has 1 saturated carbocycles. The van der Waals surface area contributed by atoms with Crippen LogP contribution in [-0.4, -0.2) is 46.8 Å². The number of nitrogens with zero attached hydrogens (tertiary/aromatic N) is 3. The molecule has 1 heterocycles. The predicted molar refractivity (Wildman–Crippen MR) is 118 cm³/mol. The van der Waals surface area contributed by atoms with Crippen LogP contribution in [0.1, 0.15) is 39.3 Å². The number of hydrogen-bond acceptors (Lipinski definition) is 4. The number of nitrogens with two attached hydrogens (primary N) is 1. The summed E-state index contributed by atoms with van der Waals surface area (Å²) in [5.41, 5.74) is 10.3. The third-order valence-corrected chi connectivity index (χ3v) is 5.80. The van der Waals surface area contributed by atoms with Crippen molar-refractivity contribution >= 4 is 17.5 Å². The van der Waals surface area contributed by atoms with Crippen molar-refractivity contribution in [2.75, 3.05) is 30.8 Å². The average Bonchev–Trinajstić information content (AvgIpc) is 3.39. The van der Waals surface area contributed by atoms with Crippen LogP contribution in [0.4, 0.5) is 16.2 Å². The van der Waals surface area contributed by atoms with Gasteiger partial charge >= 0.3 is 6.09 Å². The fraction of sp³-hybridized carbons (Fsp3) is 0.478. The van der Waals surface area contributed by atoms with Crippen LogP contribution in [0.2, 0.25) is 0 Å². The van der Waals surface area contributed by atoms with Gasteiger partial charge in [-0.05, 0) is 64.3 Å². The Hall–Kier alpha value is -2.76. The molecule has 1 aromatic carbocycles. The summed E-state index contributed by atoms with van der Waals surface area (Å²) in [5.74, 6) is 0. The number of rotatable bonds is 6. The number of carbonyl (C=O) groups is 1. The summed E-state index contributed by atoms with van der Waals surface area (Å²) in [6, 6.07) is 9.98. The van der Waals surface area contributed by atoms with Crippen LogP contribution in [0.3, 0.4) is 0 Å². The van der Waals surface area contributed by atoms with Gasteiger partial charge in [0.2, 0.25) is 0 Å². The van der Waals surface area contributed by atoms with Crippen molar-refractivity contribution in [3.8, 4) is 11.1 Å². The van der Waals surface area contributed by atoms with Crippen molar-refractivity contribution in [2.45, 2.75) is 46.1 Å². The average molecular weight is 397 g/mol. The Balaban J connectivity index is 1.79. The molecule has 0 spiro atoms. The minimum atomic E-state index is -0.853. The lowest BCUT2D eigenvalue weighted by atomic mass is 9.99. The number of anilines is 2. The number of pyridine rings is 1. The molecule has 0 unspecified atom stereocenters. The van der Waals surface area contributed by atoms with E-state index in [2.05, 4.69) is 23.0 Å². The largest absolute Gasteiger partial charge is 0.465 e. The van der Waals surface area contributed by atoms with Gasteiger partial charge in [-0.1, -0.05) is 12.1 Å². The van der Waals surface area contributed by atoms with Crippen LogP contribution >= 0.6 is 0 Å². The maximum absolute atomic E-state index is 11.8. The van der Waals surface area contributed by atoms with Crippen LogP contribution in [0.15, 0.2) is 36.5 Å². The smallest absolute Gasteiger partial charge is 0.407 e. The van der Waals surface area contributed by atoms with Gasteiger partial charge in [-0.15, -0.1) is 0 Å². The lowest BCUT2D eigenvalue weighted by molar-refractivity contribution is 0.0859. The van der Waals surface area contributed by atoms with E-state index in [1.807, 2.05) is 58.2 Å². The minimum Gasteiger partial charge on any atom is -0.465 e.